The van der Waals surface area contributed by atoms with Crippen molar-refractivity contribution in [1.29, 1.82) is 0 Å². The Balaban J connectivity index is 1.94. The number of halogens is 2. The molecule has 100 valence electrons. The molecule has 2 atom stereocenters. The van der Waals surface area contributed by atoms with E-state index in [4.69, 9.17) is 22.1 Å². The Kier molecular flexibility index (Phi) is 3.60. The Morgan fingerprint density at radius 2 is 2.21 bits per heavy atom. The van der Waals surface area contributed by atoms with Crippen molar-refractivity contribution >= 4 is 38.9 Å². The molecule has 2 nitrogen and oxygen atoms in total. The summed E-state index contributed by atoms with van der Waals surface area (Å²) >= 11 is 11.3. The van der Waals surface area contributed by atoms with Crippen LogP contribution in [0.15, 0.2) is 28.7 Å². The highest BCUT2D eigenvalue weighted by molar-refractivity contribution is 9.10. The van der Waals surface area contributed by atoms with Crippen molar-refractivity contribution in [3.05, 3.63) is 49.1 Å². The van der Waals surface area contributed by atoms with E-state index in [0.717, 1.165) is 22.2 Å². The third kappa shape index (κ3) is 2.55. The molecular formula is C14H13BrClNOS. The molecule has 0 radical (unpaired) electrons. The number of rotatable bonds is 1. The fourth-order valence-electron chi connectivity index (χ4n) is 2.29. The second-order valence-corrected chi connectivity index (χ2v) is 7.26. The third-order valence-corrected chi connectivity index (χ3v) is 5.77. The molecule has 1 aliphatic heterocycles. The molecule has 2 heterocycles. The van der Waals surface area contributed by atoms with Gasteiger partial charge in [-0.15, -0.1) is 11.3 Å². The first-order chi connectivity index (χ1) is 9.04. The van der Waals surface area contributed by atoms with Crippen LogP contribution in [0, 0.1) is 6.92 Å². The van der Waals surface area contributed by atoms with Crippen molar-refractivity contribution in [2.45, 2.75) is 25.5 Å². The summed E-state index contributed by atoms with van der Waals surface area (Å²) in [6.45, 7) is 2.09. The zero-order valence-corrected chi connectivity index (χ0v) is 13.5. The molecule has 0 aliphatic carbocycles. The van der Waals surface area contributed by atoms with Gasteiger partial charge in [0.2, 0.25) is 0 Å². The van der Waals surface area contributed by atoms with Gasteiger partial charge in [-0.1, -0.05) is 11.6 Å². The molecule has 2 aromatic rings. The second-order valence-electron chi connectivity index (χ2n) is 4.68. The average molecular weight is 359 g/mol. The summed E-state index contributed by atoms with van der Waals surface area (Å²) in [7, 11) is 0. The number of hydrogen-bond acceptors (Lipinski definition) is 3. The lowest BCUT2D eigenvalue weighted by atomic mass is 9.96. The summed E-state index contributed by atoms with van der Waals surface area (Å²) in [5, 5.41) is 0.700. The van der Waals surface area contributed by atoms with E-state index in [1.165, 1.54) is 9.75 Å². The molecule has 1 aromatic carbocycles. The molecule has 5 heteroatoms. The highest BCUT2D eigenvalue weighted by Gasteiger charge is 2.28. The Bertz CT molecular complexity index is 608. The minimum Gasteiger partial charge on any atom is -0.484 e. The van der Waals surface area contributed by atoms with Gasteiger partial charge in [-0.2, -0.15) is 0 Å². The molecular weight excluding hydrogens is 346 g/mol. The summed E-state index contributed by atoms with van der Waals surface area (Å²) in [6, 6.07) is 7.73. The second kappa shape index (κ2) is 5.09. The van der Waals surface area contributed by atoms with Gasteiger partial charge in [0.1, 0.15) is 11.9 Å². The number of benzene rings is 1. The van der Waals surface area contributed by atoms with Gasteiger partial charge in [0.05, 0.1) is 0 Å². The molecule has 0 bridgehead atoms. The van der Waals surface area contributed by atoms with Crippen LogP contribution >= 0.6 is 38.9 Å². The first kappa shape index (κ1) is 13.4. The van der Waals surface area contributed by atoms with Crippen LogP contribution in [0.2, 0.25) is 5.02 Å². The van der Waals surface area contributed by atoms with E-state index >= 15 is 0 Å². The molecule has 3 rings (SSSR count). The van der Waals surface area contributed by atoms with Crippen LogP contribution in [0.5, 0.6) is 5.75 Å². The summed E-state index contributed by atoms with van der Waals surface area (Å²) in [5.41, 5.74) is 7.24. The van der Waals surface area contributed by atoms with E-state index in [1.807, 2.05) is 18.2 Å². The van der Waals surface area contributed by atoms with Crippen LogP contribution in [0.25, 0.3) is 0 Å². The summed E-state index contributed by atoms with van der Waals surface area (Å²) in [5.74, 6) is 0.843. The van der Waals surface area contributed by atoms with E-state index < -0.39 is 0 Å². The average Bonchev–Trinajstić information content (AvgIpc) is 2.70. The fourth-order valence-corrected chi connectivity index (χ4v) is 4.07. The quantitative estimate of drug-likeness (QED) is 0.779. The van der Waals surface area contributed by atoms with Crippen molar-refractivity contribution in [1.82, 2.24) is 0 Å². The topological polar surface area (TPSA) is 35.2 Å². The maximum Gasteiger partial charge on any atom is 0.135 e. The van der Waals surface area contributed by atoms with E-state index in [-0.39, 0.29) is 12.1 Å². The Hall–Kier alpha value is -0.550. The molecule has 1 aromatic heterocycles. The summed E-state index contributed by atoms with van der Waals surface area (Å²) < 4.78 is 7.19. The fraction of sp³-hybridized carbons (Fsp3) is 0.286. The van der Waals surface area contributed by atoms with E-state index in [0.29, 0.717) is 5.02 Å². The summed E-state index contributed by atoms with van der Waals surface area (Å²) in [6.07, 6.45) is 0.804. The molecule has 0 spiro atoms. The van der Waals surface area contributed by atoms with Crippen molar-refractivity contribution in [2.75, 3.05) is 0 Å². The Morgan fingerprint density at radius 1 is 1.42 bits per heavy atom. The predicted octanol–water partition coefficient (Wildman–Crippen LogP) is 5.00. The highest BCUT2D eigenvalue weighted by atomic mass is 79.9. The number of fused-ring (bicyclic) bond motifs is 1. The van der Waals surface area contributed by atoms with Gasteiger partial charge in [-0.3, -0.25) is 0 Å². The first-order valence-corrected chi connectivity index (χ1v) is 8.01. The lowest BCUT2D eigenvalue weighted by molar-refractivity contribution is 0.165. The minimum atomic E-state index is -0.0337. The van der Waals surface area contributed by atoms with E-state index in [2.05, 4.69) is 28.9 Å². The van der Waals surface area contributed by atoms with Crippen LogP contribution in [-0.2, 0) is 0 Å². The molecule has 1 aliphatic rings. The predicted molar refractivity (Wildman–Crippen MR) is 83.1 cm³/mol. The lowest BCUT2D eigenvalue weighted by Gasteiger charge is -2.29. The van der Waals surface area contributed by atoms with Crippen LogP contribution in [0.3, 0.4) is 0 Å². The molecule has 2 N–H and O–H groups in total. The monoisotopic (exact) mass is 357 g/mol. The molecule has 19 heavy (non-hydrogen) atoms. The number of nitrogens with two attached hydrogens (primary N) is 1. The van der Waals surface area contributed by atoms with Gasteiger partial charge < -0.3 is 10.5 Å². The van der Waals surface area contributed by atoms with Crippen molar-refractivity contribution < 1.29 is 4.74 Å². The zero-order chi connectivity index (χ0) is 13.6. The van der Waals surface area contributed by atoms with Crippen LogP contribution < -0.4 is 10.5 Å². The Labute approximate surface area is 129 Å². The third-order valence-electron chi connectivity index (χ3n) is 3.30. The Morgan fingerprint density at radius 3 is 2.89 bits per heavy atom. The van der Waals surface area contributed by atoms with Crippen molar-refractivity contribution in [2.24, 2.45) is 5.73 Å². The lowest BCUT2D eigenvalue weighted by Crippen LogP contribution is -2.23. The molecule has 0 saturated carbocycles. The van der Waals surface area contributed by atoms with Gasteiger partial charge in [0, 0.05) is 37.3 Å². The number of hydrogen-bond donors (Lipinski definition) is 1. The van der Waals surface area contributed by atoms with Gasteiger partial charge in [0.25, 0.3) is 0 Å². The standard InChI is InChI=1S/C14H13BrClNOS/c1-7-10(15)5-14(19-7)13-6-11(17)9-4-8(16)2-3-12(9)18-13/h2-5,11,13H,6,17H2,1H3. The molecule has 2 unspecified atom stereocenters. The van der Waals surface area contributed by atoms with Crippen molar-refractivity contribution in [3.63, 3.8) is 0 Å². The number of aryl methyl sites for hydroxylation is 1. The largest absolute Gasteiger partial charge is 0.484 e. The van der Waals surface area contributed by atoms with Crippen LogP contribution in [0.1, 0.15) is 33.9 Å². The number of thiophene rings is 1. The smallest absolute Gasteiger partial charge is 0.135 e. The van der Waals surface area contributed by atoms with Crippen molar-refractivity contribution in [3.8, 4) is 5.75 Å². The molecule has 0 fully saturated rings. The number of ether oxygens (including phenoxy) is 1. The van der Waals surface area contributed by atoms with Gasteiger partial charge >= 0.3 is 0 Å². The zero-order valence-electron chi connectivity index (χ0n) is 10.3. The van der Waals surface area contributed by atoms with E-state index in [9.17, 15) is 0 Å². The van der Waals surface area contributed by atoms with Gasteiger partial charge in [-0.05, 0) is 47.1 Å². The minimum absolute atomic E-state index is 0.0266. The SMILES string of the molecule is Cc1sc(C2CC(N)c3cc(Cl)ccc3O2)cc1Br. The van der Waals surface area contributed by atoms with Crippen LogP contribution in [0.4, 0.5) is 0 Å². The maximum atomic E-state index is 6.24. The maximum absolute atomic E-state index is 6.24. The molecule has 0 saturated heterocycles. The first-order valence-electron chi connectivity index (χ1n) is 6.02. The van der Waals surface area contributed by atoms with Gasteiger partial charge in [0.15, 0.2) is 0 Å². The summed E-state index contributed by atoms with van der Waals surface area (Å²) in [4.78, 5) is 2.47. The molecule has 0 amide bonds. The van der Waals surface area contributed by atoms with Crippen LogP contribution in [-0.4, -0.2) is 0 Å². The van der Waals surface area contributed by atoms with Gasteiger partial charge in [-0.25, -0.2) is 0 Å². The normalized spacial score (nSPS) is 21.9. The van der Waals surface area contributed by atoms with E-state index in [1.54, 1.807) is 11.3 Å². The highest BCUT2D eigenvalue weighted by Crippen LogP contribution is 2.43.